The average molecular weight is 335 g/mol. The van der Waals surface area contributed by atoms with Gasteiger partial charge in [0.2, 0.25) is 0 Å². The van der Waals surface area contributed by atoms with Gasteiger partial charge in [-0.05, 0) is 24.5 Å². The van der Waals surface area contributed by atoms with Gasteiger partial charge in [0.25, 0.3) is 0 Å². The smallest absolute Gasteiger partial charge is 0.125 e. The van der Waals surface area contributed by atoms with Crippen LogP contribution in [-0.4, -0.2) is 18.3 Å². The number of unbranched alkanes of at least 4 members (excludes halogenated alkanes) is 8. The van der Waals surface area contributed by atoms with E-state index in [0.29, 0.717) is 12.4 Å². The molecule has 0 bridgehead atoms. The Labute approximate surface area is 147 Å². The molecule has 24 heavy (non-hydrogen) atoms. The molecule has 1 heterocycles. The molecule has 0 amide bonds. The van der Waals surface area contributed by atoms with Crippen LogP contribution in [0.25, 0.3) is 0 Å². The molecular weight excluding hydrogens is 300 g/mol. The van der Waals surface area contributed by atoms with E-state index in [1.165, 1.54) is 63.4 Å². The van der Waals surface area contributed by atoms with Crippen LogP contribution in [0, 0.1) is 0 Å². The Balaban J connectivity index is 1.63. The van der Waals surface area contributed by atoms with E-state index in [1.54, 1.807) is 13.2 Å². The number of ether oxygens (including phenoxy) is 2. The number of hydrogen-bond donors (Lipinski definition) is 1. The molecule has 0 fully saturated rings. The van der Waals surface area contributed by atoms with Crippen molar-refractivity contribution in [2.45, 2.75) is 90.3 Å². The quantitative estimate of drug-likeness (QED) is 0.523. The van der Waals surface area contributed by atoms with Crippen molar-refractivity contribution in [3.05, 3.63) is 23.3 Å². The summed E-state index contributed by atoms with van der Waals surface area (Å²) in [6.45, 7) is 2.79. The Morgan fingerprint density at radius 1 is 1.04 bits per heavy atom. The summed E-state index contributed by atoms with van der Waals surface area (Å²) in [5.41, 5.74) is 2.11. The van der Waals surface area contributed by atoms with Crippen LogP contribution in [0.2, 0.25) is 0 Å². The molecule has 0 spiro atoms. The summed E-state index contributed by atoms with van der Waals surface area (Å²) in [7, 11) is 1.64. The Kier molecular flexibility index (Phi) is 8.44. The number of aromatic hydroxyl groups is 1. The number of fused-ring (bicyclic) bond motifs is 1. The monoisotopic (exact) mass is 334 g/mol. The van der Waals surface area contributed by atoms with E-state index in [1.807, 2.05) is 6.07 Å². The van der Waals surface area contributed by atoms with Gasteiger partial charge in [-0.2, -0.15) is 0 Å². The first-order valence-corrected chi connectivity index (χ1v) is 9.75. The molecule has 1 aromatic carbocycles. The highest BCUT2D eigenvalue weighted by Crippen LogP contribution is 2.33. The predicted octanol–water partition coefficient (Wildman–Crippen LogP) is 5.76. The topological polar surface area (TPSA) is 38.7 Å². The fourth-order valence-corrected chi connectivity index (χ4v) is 3.53. The van der Waals surface area contributed by atoms with Gasteiger partial charge in [0.15, 0.2) is 0 Å². The molecule has 0 radical (unpaired) electrons. The van der Waals surface area contributed by atoms with Crippen LogP contribution < -0.4 is 4.74 Å². The summed E-state index contributed by atoms with van der Waals surface area (Å²) in [6, 6.07) is 3.71. The third kappa shape index (κ3) is 6.01. The van der Waals surface area contributed by atoms with Crippen molar-refractivity contribution in [1.29, 1.82) is 0 Å². The summed E-state index contributed by atoms with van der Waals surface area (Å²) < 4.78 is 11.2. The van der Waals surface area contributed by atoms with Gasteiger partial charge in [0.1, 0.15) is 11.5 Å². The predicted molar refractivity (Wildman–Crippen MR) is 98.8 cm³/mol. The molecule has 0 aliphatic carbocycles. The van der Waals surface area contributed by atoms with Gasteiger partial charge in [-0.15, -0.1) is 0 Å². The average Bonchev–Trinajstić information content (AvgIpc) is 2.60. The maximum atomic E-state index is 10.0. The van der Waals surface area contributed by atoms with Gasteiger partial charge in [-0.25, -0.2) is 0 Å². The highest BCUT2D eigenvalue weighted by Gasteiger charge is 2.22. The van der Waals surface area contributed by atoms with Gasteiger partial charge >= 0.3 is 0 Å². The van der Waals surface area contributed by atoms with Crippen LogP contribution in [0.1, 0.15) is 82.3 Å². The molecule has 1 atom stereocenters. The standard InChI is InChI=1S/C21H34O3/c1-3-4-5-6-7-8-9-10-11-12-18-13-17-14-19(23-2)15-21(22)20(17)16-24-18/h14-15,18,22H,3-13,16H2,1-2H3/t18-/m1/s1. The number of benzene rings is 1. The number of rotatable bonds is 11. The lowest BCUT2D eigenvalue weighted by Gasteiger charge is -2.26. The molecule has 2 rings (SSSR count). The molecule has 1 N–H and O–H groups in total. The van der Waals surface area contributed by atoms with Crippen LogP contribution in [0.4, 0.5) is 0 Å². The number of phenolic OH excluding ortho intramolecular Hbond substituents is 1. The van der Waals surface area contributed by atoms with Crippen LogP contribution >= 0.6 is 0 Å². The van der Waals surface area contributed by atoms with Crippen molar-refractivity contribution in [2.24, 2.45) is 0 Å². The molecule has 1 aliphatic heterocycles. The maximum absolute atomic E-state index is 10.0. The Hall–Kier alpha value is -1.22. The Morgan fingerprint density at radius 3 is 2.38 bits per heavy atom. The zero-order chi connectivity index (χ0) is 17.2. The lowest BCUT2D eigenvalue weighted by Crippen LogP contribution is -2.22. The van der Waals surface area contributed by atoms with E-state index >= 15 is 0 Å². The van der Waals surface area contributed by atoms with Gasteiger partial charge in [0, 0.05) is 11.6 Å². The zero-order valence-corrected chi connectivity index (χ0v) is 15.5. The van der Waals surface area contributed by atoms with Crippen LogP contribution in [0.3, 0.4) is 0 Å². The van der Waals surface area contributed by atoms with Crippen LogP contribution in [-0.2, 0) is 17.8 Å². The van der Waals surface area contributed by atoms with Crippen LogP contribution in [0.5, 0.6) is 11.5 Å². The van der Waals surface area contributed by atoms with Crippen molar-refractivity contribution >= 4 is 0 Å². The van der Waals surface area contributed by atoms with Gasteiger partial charge in [-0.1, -0.05) is 64.7 Å². The highest BCUT2D eigenvalue weighted by atomic mass is 16.5. The minimum atomic E-state index is 0.286. The van der Waals surface area contributed by atoms with Crippen molar-refractivity contribution in [3.8, 4) is 11.5 Å². The lowest BCUT2D eigenvalue weighted by molar-refractivity contribution is 0.0204. The van der Waals surface area contributed by atoms with Crippen LogP contribution in [0.15, 0.2) is 12.1 Å². The molecule has 3 heteroatoms. The minimum Gasteiger partial charge on any atom is -0.507 e. The van der Waals surface area contributed by atoms with E-state index in [-0.39, 0.29) is 6.10 Å². The first kappa shape index (κ1) is 19.1. The largest absolute Gasteiger partial charge is 0.507 e. The summed E-state index contributed by atoms with van der Waals surface area (Å²) in [6.07, 6.45) is 14.5. The summed E-state index contributed by atoms with van der Waals surface area (Å²) in [5.74, 6) is 1.03. The lowest BCUT2D eigenvalue weighted by atomic mass is 9.95. The third-order valence-electron chi connectivity index (χ3n) is 5.07. The first-order valence-electron chi connectivity index (χ1n) is 9.75. The number of phenols is 1. The molecule has 0 aromatic heterocycles. The fourth-order valence-electron chi connectivity index (χ4n) is 3.53. The van der Waals surface area contributed by atoms with Crippen molar-refractivity contribution in [2.75, 3.05) is 7.11 Å². The normalized spacial score (nSPS) is 16.8. The summed E-state index contributed by atoms with van der Waals surface area (Å²) in [5, 5.41) is 10.0. The summed E-state index contributed by atoms with van der Waals surface area (Å²) in [4.78, 5) is 0. The van der Waals surface area contributed by atoms with Gasteiger partial charge < -0.3 is 14.6 Å². The molecular formula is C21H34O3. The van der Waals surface area contributed by atoms with Crippen molar-refractivity contribution < 1.29 is 14.6 Å². The van der Waals surface area contributed by atoms with E-state index < -0.39 is 0 Å². The van der Waals surface area contributed by atoms with Gasteiger partial charge in [0.05, 0.1) is 19.8 Å². The second-order valence-corrected chi connectivity index (χ2v) is 7.04. The minimum absolute atomic E-state index is 0.286. The van der Waals surface area contributed by atoms with E-state index in [4.69, 9.17) is 9.47 Å². The Bertz CT molecular complexity index is 484. The van der Waals surface area contributed by atoms with E-state index in [9.17, 15) is 5.11 Å². The zero-order valence-electron chi connectivity index (χ0n) is 15.5. The Morgan fingerprint density at radius 2 is 1.71 bits per heavy atom. The molecule has 136 valence electrons. The van der Waals surface area contributed by atoms with Gasteiger partial charge in [-0.3, -0.25) is 0 Å². The van der Waals surface area contributed by atoms with E-state index in [2.05, 4.69) is 6.92 Å². The second kappa shape index (κ2) is 10.6. The number of hydrogen-bond acceptors (Lipinski definition) is 3. The SMILES string of the molecule is CCCCCCCCCCC[C@@H]1Cc2cc(OC)cc(O)c2CO1. The highest BCUT2D eigenvalue weighted by molar-refractivity contribution is 5.46. The molecule has 0 unspecified atom stereocenters. The van der Waals surface area contributed by atoms with E-state index in [0.717, 1.165) is 24.2 Å². The molecule has 0 saturated heterocycles. The second-order valence-electron chi connectivity index (χ2n) is 7.04. The summed E-state index contributed by atoms with van der Waals surface area (Å²) >= 11 is 0. The molecule has 0 saturated carbocycles. The molecule has 1 aliphatic rings. The van der Waals surface area contributed by atoms with Crippen molar-refractivity contribution in [3.63, 3.8) is 0 Å². The number of methoxy groups -OCH3 is 1. The third-order valence-corrected chi connectivity index (χ3v) is 5.07. The molecule has 1 aromatic rings. The fraction of sp³-hybridized carbons (Fsp3) is 0.714. The maximum Gasteiger partial charge on any atom is 0.125 e. The first-order chi connectivity index (χ1) is 11.7. The molecule has 3 nitrogen and oxygen atoms in total. The van der Waals surface area contributed by atoms with Crippen molar-refractivity contribution in [1.82, 2.24) is 0 Å².